The predicted octanol–water partition coefficient (Wildman–Crippen LogP) is 1.65. The molecule has 1 aliphatic carbocycles. The van der Waals surface area contributed by atoms with E-state index in [2.05, 4.69) is 36.8 Å². The van der Waals surface area contributed by atoms with Crippen LogP contribution in [0.4, 0.5) is 11.6 Å². The van der Waals surface area contributed by atoms with Crippen molar-refractivity contribution < 1.29 is 0 Å². The average molecular weight is 364 g/mol. The van der Waals surface area contributed by atoms with E-state index in [1.807, 2.05) is 18.4 Å². The van der Waals surface area contributed by atoms with Crippen LogP contribution >= 0.6 is 0 Å². The Morgan fingerprint density at radius 3 is 2.48 bits per heavy atom. The molecule has 1 saturated heterocycles. The van der Waals surface area contributed by atoms with Crippen molar-refractivity contribution in [2.24, 2.45) is 0 Å². The van der Waals surface area contributed by atoms with Crippen LogP contribution in [-0.2, 0) is 12.8 Å². The summed E-state index contributed by atoms with van der Waals surface area (Å²) < 4.78 is 1.87. The quantitative estimate of drug-likeness (QED) is 0.684. The van der Waals surface area contributed by atoms with Crippen molar-refractivity contribution in [2.45, 2.75) is 40.0 Å². The molecule has 0 radical (unpaired) electrons. The smallest absolute Gasteiger partial charge is 0.254 e. The van der Waals surface area contributed by atoms with Gasteiger partial charge in [-0.2, -0.15) is 14.6 Å². The van der Waals surface area contributed by atoms with E-state index in [0.717, 1.165) is 62.2 Å². The fourth-order valence-electron chi connectivity index (χ4n) is 4.31. The van der Waals surface area contributed by atoms with Gasteiger partial charge in [0, 0.05) is 48.7 Å². The van der Waals surface area contributed by atoms with Gasteiger partial charge in [0.15, 0.2) is 0 Å². The van der Waals surface area contributed by atoms with Gasteiger partial charge < -0.3 is 9.80 Å². The Bertz CT molecular complexity index is 1020. The third-order valence-corrected chi connectivity index (χ3v) is 5.78. The molecule has 0 saturated carbocycles. The summed E-state index contributed by atoms with van der Waals surface area (Å²) in [4.78, 5) is 23.1. The minimum absolute atomic E-state index is 0.666. The molecule has 0 N–H and O–H groups in total. The van der Waals surface area contributed by atoms with Crippen LogP contribution in [0.5, 0.6) is 0 Å². The zero-order chi connectivity index (χ0) is 18.5. The van der Waals surface area contributed by atoms with Gasteiger partial charge in [-0.3, -0.25) is 0 Å². The van der Waals surface area contributed by atoms with Gasteiger partial charge in [0.1, 0.15) is 23.8 Å². The van der Waals surface area contributed by atoms with Crippen LogP contribution in [0.3, 0.4) is 0 Å². The van der Waals surface area contributed by atoms with Crippen LogP contribution < -0.4 is 9.80 Å². The van der Waals surface area contributed by atoms with Crippen LogP contribution in [0.1, 0.15) is 34.8 Å². The number of nitrogens with zero attached hydrogens (tertiary/aromatic N) is 8. The maximum Gasteiger partial charge on any atom is 0.254 e. The molecule has 8 heteroatoms. The molecule has 5 rings (SSSR count). The van der Waals surface area contributed by atoms with Crippen LogP contribution in [0, 0.1) is 20.8 Å². The molecule has 0 unspecified atom stereocenters. The topological polar surface area (TPSA) is 75.3 Å². The highest BCUT2D eigenvalue weighted by molar-refractivity contribution is 5.57. The predicted molar refractivity (Wildman–Crippen MR) is 103 cm³/mol. The van der Waals surface area contributed by atoms with E-state index in [0.29, 0.717) is 5.78 Å². The third-order valence-electron chi connectivity index (χ3n) is 5.78. The standard InChI is InChI=1S/C19H24N8/c1-12-13(2)22-19-20-11-21-27(19)18(12)26-9-7-25(8-10-26)17-15-5-4-6-16(15)23-14(3)24-17/h11H,4-10H2,1-3H3. The van der Waals surface area contributed by atoms with E-state index in [1.165, 1.54) is 23.2 Å². The van der Waals surface area contributed by atoms with E-state index in [4.69, 9.17) is 4.98 Å². The Hall–Kier alpha value is -2.77. The summed E-state index contributed by atoms with van der Waals surface area (Å²) in [5.41, 5.74) is 4.80. The van der Waals surface area contributed by atoms with Crippen molar-refractivity contribution in [1.29, 1.82) is 0 Å². The van der Waals surface area contributed by atoms with E-state index < -0.39 is 0 Å². The highest BCUT2D eigenvalue weighted by Gasteiger charge is 2.27. The average Bonchev–Trinajstić information content (AvgIpc) is 3.31. The fraction of sp³-hybridized carbons (Fsp3) is 0.526. The van der Waals surface area contributed by atoms with Gasteiger partial charge in [-0.05, 0) is 40.0 Å². The molecule has 1 fully saturated rings. The molecule has 0 atom stereocenters. The highest BCUT2D eigenvalue weighted by Crippen LogP contribution is 2.30. The minimum atomic E-state index is 0.666. The Labute approximate surface area is 158 Å². The molecule has 0 aromatic carbocycles. The first kappa shape index (κ1) is 16.4. The molecule has 2 aliphatic rings. The second kappa shape index (κ2) is 6.14. The van der Waals surface area contributed by atoms with E-state index in [-0.39, 0.29) is 0 Å². The lowest BCUT2D eigenvalue weighted by Gasteiger charge is -2.38. The molecule has 1 aliphatic heterocycles. The van der Waals surface area contributed by atoms with Gasteiger partial charge >= 0.3 is 0 Å². The first-order valence-corrected chi connectivity index (χ1v) is 9.65. The van der Waals surface area contributed by atoms with Crippen LogP contribution in [0.25, 0.3) is 5.78 Å². The normalized spacial score (nSPS) is 17.0. The van der Waals surface area contributed by atoms with Gasteiger partial charge in [0.05, 0.1) is 0 Å². The largest absolute Gasteiger partial charge is 0.353 e. The van der Waals surface area contributed by atoms with Gasteiger partial charge in [-0.1, -0.05) is 0 Å². The maximum absolute atomic E-state index is 4.80. The summed E-state index contributed by atoms with van der Waals surface area (Å²) in [6.07, 6.45) is 4.97. The summed E-state index contributed by atoms with van der Waals surface area (Å²) >= 11 is 0. The molecule has 0 bridgehead atoms. The Kier molecular flexibility index (Phi) is 3.73. The minimum Gasteiger partial charge on any atom is -0.353 e. The zero-order valence-electron chi connectivity index (χ0n) is 16.1. The number of fused-ring (bicyclic) bond motifs is 2. The van der Waals surface area contributed by atoms with E-state index >= 15 is 0 Å². The van der Waals surface area contributed by atoms with Gasteiger partial charge in [0.2, 0.25) is 0 Å². The molecule has 4 heterocycles. The summed E-state index contributed by atoms with van der Waals surface area (Å²) in [5, 5.41) is 4.40. The van der Waals surface area contributed by atoms with E-state index in [1.54, 1.807) is 6.33 Å². The molecule has 3 aromatic rings. The molecule has 3 aromatic heterocycles. The SMILES string of the molecule is Cc1nc2c(c(N3CCN(c4c(C)c(C)nc5ncnn45)CC3)n1)CCC2. The van der Waals surface area contributed by atoms with Crippen molar-refractivity contribution in [3.05, 3.63) is 34.7 Å². The molecular weight excluding hydrogens is 340 g/mol. The van der Waals surface area contributed by atoms with Gasteiger partial charge in [0.25, 0.3) is 5.78 Å². The Balaban J connectivity index is 1.44. The second-order valence-corrected chi connectivity index (χ2v) is 7.46. The summed E-state index contributed by atoms with van der Waals surface area (Å²) in [5.74, 6) is 3.82. The molecule has 0 spiro atoms. The zero-order valence-corrected chi connectivity index (χ0v) is 16.1. The van der Waals surface area contributed by atoms with Crippen LogP contribution in [0.2, 0.25) is 0 Å². The first-order valence-electron chi connectivity index (χ1n) is 9.65. The van der Waals surface area contributed by atoms with E-state index in [9.17, 15) is 0 Å². The lowest BCUT2D eigenvalue weighted by molar-refractivity contribution is 0.627. The van der Waals surface area contributed by atoms with Crippen molar-refractivity contribution in [3.8, 4) is 0 Å². The number of hydrogen-bond donors (Lipinski definition) is 0. The summed E-state index contributed by atoms with van der Waals surface area (Å²) in [6.45, 7) is 9.90. The Morgan fingerprint density at radius 2 is 1.67 bits per heavy atom. The van der Waals surface area contributed by atoms with Crippen molar-refractivity contribution >= 4 is 17.4 Å². The van der Waals surface area contributed by atoms with Crippen LogP contribution in [-0.4, -0.2) is 55.7 Å². The lowest BCUT2D eigenvalue weighted by atomic mass is 10.2. The van der Waals surface area contributed by atoms with Crippen molar-refractivity contribution in [2.75, 3.05) is 36.0 Å². The first-order chi connectivity index (χ1) is 13.1. The summed E-state index contributed by atoms with van der Waals surface area (Å²) in [6, 6.07) is 0. The molecule has 27 heavy (non-hydrogen) atoms. The Morgan fingerprint density at radius 1 is 0.889 bits per heavy atom. The summed E-state index contributed by atoms with van der Waals surface area (Å²) in [7, 11) is 0. The number of piperazine rings is 1. The monoisotopic (exact) mass is 364 g/mol. The van der Waals surface area contributed by atoms with Gasteiger partial charge in [-0.15, -0.1) is 0 Å². The number of aryl methyl sites for hydroxylation is 3. The fourth-order valence-corrected chi connectivity index (χ4v) is 4.31. The van der Waals surface area contributed by atoms with Crippen molar-refractivity contribution in [1.82, 2.24) is 29.5 Å². The third kappa shape index (κ3) is 2.62. The van der Waals surface area contributed by atoms with Crippen molar-refractivity contribution in [3.63, 3.8) is 0 Å². The number of rotatable bonds is 2. The highest BCUT2D eigenvalue weighted by atomic mass is 15.4. The van der Waals surface area contributed by atoms with Gasteiger partial charge in [-0.25, -0.2) is 15.0 Å². The maximum atomic E-state index is 4.80. The molecular formula is C19H24N8. The number of aromatic nitrogens is 6. The number of anilines is 2. The second-order valence-electron chi connectivity index (χ2n) is 7.46. The molecule has 8 nitrogen and oxygen atoms in total. The lowest BCUT2D eigenvalue weighted by Crippen LogP contribution is -2.48. The van der Waals surface area contributed by atoms with Crippen LogP contribution in [0.15, 0.2) is 6.33 Å². The molecule has 0 amide bonds. The molecule has 140 valence electrons. The number of hydrogen-bond acceptors (Lipinski definition) is 7.